The van der Waals surface area contributed by atoms with Gasteiger partial charge in [-0.1, -0.05) is 23.9 Å². The summed E-state index contributed by atoms with van der Waals surface area (Å²) in [5, 5.41) is 8.42. The van der Waals surface area contributed by atoms with E-state index < -0.39 is 15.5 Å². The fourth-order valence-corrected chi connectivity index (χ4v) is 6.30. The van der Waals surface area contributed by atoms with E-state index in [9.17, 15) is 13.2 Å². The molecule has 0 aliphatic carbocycles. The van der Waals surface area contributed by atoms with Crippen molar-refractivity contribution in [3.8, 4) is 57.3 Å². The lowest BCUT2D eigenvalue weighted by molar-refractivity contribution is 0.309. The van der Waals surface area contributed by atoms with Crippen LogP contribution < -0.4 is 33.8 Å². The van der Waals surface area contributed by atoms with Crippen molar-refractivity contribution in [3.05, 3.63) is 58.8 Å². The molecular weight excluding hydrogens is 668 g/mol. The van der Waals surface area contributed by atoms with E-state index in [4.69, 9.17) is 37.3 Å². The first-order valence-electron chi connectivity index (χ1n) is 14.2. The molecule has 0 saturated heterocycles. The number of fused-ring (bicyclic) bond motifs is 1. The number of hydrogen-bond donors (Lipinski definition) is 0. The van der Waals surface area contributed by atoms with E-state index in [0.29, 0.717) is 40.7 Å². The number of aromatic nitrogens is 2. The van der Waals surface area contributed by atoms with Gasteiger partial charge in [0.05, 0.1) is 54.8 Å². The molecule has 0 amide bonds. The Kier molecular flexibility index (Phi) is 10.7. The third-order valence-corrected chi connectivity index (χ3v) is 9.29. The second-order valence-corrected chi connectivity index (χ2v) is 12.5. The van der Waals surface area contributed by atoms with Crippen LogP contribution in [0.1, 0.15) is 6.42 Å². The van der Waals surface area contributed by atoms with Crippen molar-refractivity contribution in [2.45, 2.75) is 16.5 Å². The zero-order valence-electron chi connectivity index (χ0n) is 26.9. The molecule has 0 bridgehead atoms. The molecule has 48 heavy (non-hydrogen) atoms. The van der Waals surface area contributed by atoms with Crippen LogP contribution >= 0.6 is 11.8 Å². The average Bonchev–Trinajstić information content (AvgIpc) is 3.59. The van der Waals surface area contributed by atoms with Crippen LogP contribution in [0.15, 0.2) is 72.3 Å². The van der Waals surface area contributed by atoms with Crippen LogP contribution in [0.5, 0.6) is 34.5 Å². The van der Waals surface area contributed by atoms with E-state index in [-0.39, 0.29) is 56.4 Å². The first-order valence-corrected chi connectivity index (χ1v) is 16.6. The summed E-state index contributed by atoms with van der Waals surface area (Å²) < 4.78 is 74.8. The Labute approximate surface area is 279 Å². The van der Waals surface area contributed by atoms with E-state index in [1.165, 1.54) is 53.4 Å². The Balaban J connectivity index is 1.42. The van der Waals surface area contributed by atoms with Gasteiger partial charge in [0, 0.05) is 23.4 Å². The van der Waals surface area contributed by atoms with Gasteiger partial charge in [-0.2, -0.15) is 8.42 Å². The second-order valence-electron chi connectivity index (χ2n) is 9.75. The van der Waals surface area contributed by atoms with Crippen LogP contribution in [0.4, 0.5) is 0 Å². The maximum absolute atomic E-state index is 14.0. The summed E-state index contributed by atoms with van der Waals surface area (Å²) in [5.41, 5.74) is 0.412. The van der Waals surface area contributed by atoms with Crippen molar-refractivity contribution in [2.75, 3.05) is 55.0 Å². The number of rotatable bonds is 15. The molecule has 2 aromatic heterocycles. The van der Waals surface area contributed by atoms with E-state index >= 15 is 0 Å². The van der Waals surface area contributed by atoms with Crippen molar-refractivity contribution in [1.29, 1.82) is 0 Å². The summed E-state index contributed by atoms with van der Waals surface area (Å²) in [6.45, 7) is 0.106. The van der Waals surface area contributed by atoms with Crippen molar-refractivity contribution < 1.29 is 49.9 Å². The maximum Gasteiger partial charge on any atom is 0.297 e. The SMILES string of the molecule is COc1cc(OC)c2c(=O)c(OCCCSc3nnc(-c4ccccc4S(=O)(=O)OC)o3)c(-c3cc(OC)c(OC)c(OC)c3)oc2c1. The largest absolute Gasteiger partial charge is 0.496 e. The predicted molar refractivity (Wildman–Crippen MR) is 175 cm³/mol. The molecule has 0 radical (unpaired) electrons. The maximum atomic E-state index is 14.0. The Morgan fingerprint density at radius 2 is 1.50 bits per heavy atom. The third-order valence-electron chi connectivity index (χ3n) is 7.05. The molecule has 0 atom stereocenters. The highest BCUT2D eigenvalue weighted by molar-refractivity contribution is 7.99. The number of nitrogens with zero attached hydrogens (tertiary/aromatic N) is 2. The number of hydrogen-bond acceptors (Lipinski definition) is 15. The van der Waals surface area contributed by atoms with Crippen molar-refractivity contribution in [2.24, 2.45) is 0 Å². The minimum absolute atomic E-state index is 0.0271. The summed E-state index contributed by atoms with van der Waals surface area (Å²) in [5.74, 6) is 2.30. The molecule has 0 fully saturated rings. The molecule has 254 valence electrons. The van der Waals surface area contributed by atoms with Gasteiger partial charge in [0.1, 0.15) is 27.4 Å². The zero-order chi connectivity index (χ0) is 34.4. The fourth-order valence-electron chi connectivity index (χ4n) is 4.78. The van der Waals surface area contributed by atoms with E-state index in [1.807, 2.05) is 0 Å². The van der Waals surface area contributed by atoms with E-state index in [1.54, 1.807) is 42.5 Å². The lowest BCUT2D eigenvalue weighted by Gasteiger charge is -2.16. The third kappa shape index (κ3) is 6.86. The first kappa shape index (κ1) is 34.4. The van der Waals surface area contributed by atoms with Crippen molar-refractivity contribution in [1.82, 2.24) is 10.2 Å². The summed E-state index contributed by atoms with van der Waals surface area (Å²) in [6.07, 6.45) is 0.447. The highest BCUT2D eigenvalue weighted by Gasteiger charge is 2.25. The minimum atomic E-state index is -4.00. The van der Waals surface area contributed by atoms with Gasteiger partial charge in [-0.05, 0) is 30.7 Å². The van der Waals surface area contributed by atoms with Crippen LogP contribution in [0.3, 0.4) is 0 Å². The Morgan fingerprint density at radius 1 is 0.792 bits per heavy atom. The molecule has 0 unspecified atom stereocenters. The molecule has 0 aliphatic rings. The Morgan fingerprint density at radius 3 is 2.15 bits per heavy atom. The molecule has 2 heterocycles. The van der Waals surface area contributed by atoms with Gasteiger partial charge in [0.15, 0.2) is 17.3 Å². The fraction of sp³-hybridized carbons (Fsp3) is 0.281. The van der Waals surface area contributed by atoms with Crippen molar-refractivity contribution >= 4 is 32.8 Å². The Bertz CT molecular complexity index is 2070. The lowest BCUT2D eigenvalue weighted by atomic mass is 10.1. The number of methoxy groups -OCH3 is 5. The summed E-state index contributed by atoms with van der Waals surface area (Å²) in [7, 11) is 4.46. The van der Waals surface area contributed by atoms with Gasteiger partial charge < -0.3 is 37.3 Å². The molecule has 16 heteroatoms. The van der Waals surface area contributed by atoms with Gasteiger partial charge >= 0.3 is 0 Å². The highest BCUT2D eigenvalue weighted by atomic mass is 32.2. The summed E-state index contributed by atoms with van der Waals surface area (Å²) in [4.78, 5) is 13.9. The highest BCUT2D eigenvalue weighted by Crippen LogP contribution is 2.44. The van der Waals surface area contributed by atoms with Gasteiger partial charge in [-0.3, -0.25) is 8.98 Å². The molecule has 5 rings (SSSR count). The number of benzene rings is 3. The normalized spacial score (nSPS) is 11.4. The average molecular weight is 701 g/mol. The smallest absolute Gasteiger partial charge is 0.297 e. The summed E-state index contributed by atoms with van der Waals surface area (Å²) >= 11 is 1.24. The van der Waals surface area contributed by atoms with Gasteiger partial charge in [-0.25, -0.2) is 0 Å². The zero-order valence-corrected chi connectivity index (χ0v) is 28.5. The topological polar surface area (TPSA) is 168 Å². The van der Waals surface area contributed by atoms with Crippen molar-refractivity contribution in [3.63, 3.8) is 0 Å². The number of ether oxygens (including phenoxy) is 6. The molecule has 5 aromatic rings. The molecule has 0 spiro atoms. The van der Waals surface area contributed by atoms with Gasteiger partial charge in [0.2, 0.25) is 22.8 Å². The Hall–Kier alpha value is -4.93. The minimum Gasteiger partial charge on any atom is -0.496 e. The van der Waals surface area contributed by atoms with E-state index in [2.05, 4.69) is 14.4 Å². The van der Waals surface area contributed by atoms with Gasteiger partial charge in [0.25, 0.3) is 15.3 Å². The molecule has 0 aliphatic heterocycles. The van der Waals surface area contributed by atoms with Crippen LogP contribution in [0, 0.1) is 0 Å². The van der Waals surface area contributed by atoms with Crippen LogP contribution in [0.2, 0.25) is 0 Å². The molecular formula is C32H32N2O12S2. The molecule has 0 saturated carbocycles. The van der Waals surface area contributed by atoms with Crippen LogP contribution in [-0.4, -0.2) is 73.6 Å². The number of thioether (sulfide) groups is 1. The monoisotopic (exact) mass is 700 g/mol. The van der Waals surface area contributed by atoms with Crippen LogP contribution in [0.25, 0.3) is 33.7 Å². The summed E-state index contributed by atoms with van der Waals surface area (Å²) in [6, 6.07) is 12.6. The first-order chi connectivity index (χ1) is 23.2. The second kappa shape index (κ2) is 14.9. The standard InChI is InChI=1S/C32H32N2O12S2/c1-38-19-16-21(39-2)26-22(17-19)45-28(18-14-23(40-3)29(42-5)24(15-18)41-4)30(27(26)35)44-12-9-13-47-32-34-33-31(46-32)20-10-7-8-11-25(20)48(36,37)43-6/h7-8,10-11,14-17H,9,12-13H2,1-6H3. The molecule has 3 aromatic carbocycles. The molecule has 14 nitrogen and oxygen atoms in total. The lowest BCUT2D eigenvalue weighted by Crippen LogP contribution is -2.12. The predicted octanol–water partition coefficient (Wildman–Crippen LogP) is 5.45. The van der Waals surface area contributed by atoms with Crippen LogP contribution in [-0.2, 0) is 14.3 Å². The quantitative estimate of drug-likeness (QED) is 0.0767. The molecule has 0 N–H and O–H groups in total. The van der Waals surface area contributed by atoms with Gasteiger partial charge in [-0.15, -0.1) is 10.2 Å². The van der Waals surface area contributed by atoms with E-state index in [0.717, 1.165) is 7.11 Å².